The lowest BCUT2D eigenvalue weighted by Gasteiger charge is -2.27. The number of carboxylic acids is 1. The largest absolute Gasteiger partial charge is 0.496 e. The van der Waals surface area contributed by atoms with Crippen LogP contribution in [0, 0.1) is 0 Å². The van der Waals surface area contributed by atoms with E-state index in [0.29, 0.717) is 12.3 Å². The molecule has 0 saturated heterocycles. The van der Waals surface area contributed by atoms with Gasteiger partial charge in [-0.1, -0.05) is 13.0 Å². The third-order valence-electron chi connectivity index (χ3n) is 3.90. The van der Waals surface area contributed by atoms with Gasteiger partial charge in [-0.25, -0.2) is 4.79 Å². The average molecular weight is 314 g/mol. The molecular formula is C18H22N2O3. The number of carbonyl (C=O) groups is 1. The van der Waals surface area contributed by atoms with Crippen LogP contribution in [0.2, 0.25) is 0 Å². The maximum atomic E-state index is 11.2. The van der Waals surface area contributed by atoms with Gasteiger partial charge >= 0.3 is 5.97 Å². The lowest BCUT2D eigenvalue weighted by atomic mass is 10.1. The number of rotatable bonds is 7. The third kappa shape index (κ3) is 4.07. The molecule has 0 amide bonds. The molecule has 0 saturated carbocycles. The average Bonchev–Trinajstić information content (AvgIpc) is 2.56. The van der Waals surface area contributed by atoms with Crippen molar-refractivity contribution in [2.75, 3.05) is 14.2 Å². The molecule has 0 spiro atoms. The van der Waals surface area contributed by atoms with Crippen molar-refractivity contribution in [1.29, 1.82) is 0 Å². The Morgan fingerprint density at radius 3 is 2.70 bits per heavy atom. The van der Waals surface area contributed by atoms with Crippen molar-refractivity contribution < 1.29 is 14.6 Å². The van der Waals surface area contributed by atoms with E-state index in [0.717, 1.165) is 17.7 Å². The van der Waals surface area contributed by atoms with Gasteiger partial charge in [0.15, 0.2) is 0 Å². The van der Waals surface area contributed by atoms with Crippen LogP contribution in [-0.2, 0) is 6.54 Å². The molecule has 1 heterocycles. The molecular weight excluding hydrogens is 292 g/mol. The first-order chi connectivity index (χ1) is 11.1. The van der Waals surface area contributed by atoms with Gasteiger partial charge in [0.25, 0.3) is 0 Å². The SMILES string of the molecule is CCC(c1ccccn1)N(C)Cc1cc(C(=O)O)ccc1OC. The Kier molecular flexibility index (Phi) is 5.71. The molecule has 2 aromatic rings. The number of benzene rings is 1. The van der Waals surface area contributed by atoms with E-state index in [1.807, 2.05) is 25.2 Å². The summed E-state index contributed by atoms with van der Waals surface area (Å²) in [7, 11) is 3.60. The number of carboxylic acid groups (broad SMARTS) is 1. The van der Waals surface area contributed by atoms with E-state index in [9.17, 15) is 9.90 Å². The number of hydrogen-bond donors (Lipinski definition) is 1. The Bertz CT molecular complexity index is 659. The van der Waals surface area contributed by atoms with Crippen molar-refractivity contribution in [2.45, 2.75) is 25.9 Å². The first-order valence-electron chi connectivity index (χ1n) is 7.58. The van der Waals surface area contributed by atoms with Crippen molar-refractivity contribution in [1.82, 2.24) is 9.88 Å². The van der Waals surface area contributed by atoms with E-state index in [-0.39, 0.29) is 11.6 Å². The lowest BCUT2D eigenvalue weighted by molar-refractivity contribution is 0.0696. The molecule has 1 aromatic heterocycles. The topological polar surface area (TPSA) is 62.7 Å². The fraction of sp³-hybridized carbons (Fsp3) is 0.333. The van der Waals surface area contributed by atoms with E-state index in [2.05, 4.69) is 16.8 Å². The first kappa shape index (κ1) is 17.0. The molecule has 1 N–H and O–H groups in total. The molecule has 5 nitrogen and oxygen atoms in total. The molecule has 0 fully saturated rings. The number of hydrogen-bond acceptors (Lipinski definition) is 4. The predicted molar refractivity (Wildman–Crippen MR) is 88.7 cm³/mol. The van der Waals surface area contributed by atoms with Gasteiger partial charge in [-0.05, 0) is 43.8 Å². The monoisotopic (exact) mass is 314 g/mol. The molecule has 1 unspecified atom stereocenters. The summed E-state index contributed by atoms with van der Waals surface area (Å²) in [6.45, 7) is 2.69. The van der Waals surface area contributed by atoms with E-state index in [1.165, 1.54) is 0 Å². The number of pyridine rings is 1. The van der Waals surface area contributed by atoms with Crippen molar-refractivity contribution in [3.05, 3.63) is 59.4 Å². The Morgan fingerprint density at radius 2 is 2.13 bits per heavy atom. The second kappa shape index (κ2) is 7.74. The number of ether oxygens (including phenoxy) is 1. The Labute approximate surface area is 136 Å². The third-order valence-corrected chi connectivity index (χ3v) is 3.90. The molecule has 0 radical (unpaired) electrons. The van der Waals surface area contributed by atoms with E-state index in [4.69, 9.17) is 4.74 Å². The number of aromatic carboxylic acids is 1. The van der Waals surface area contributed by atoms with Gasteiger partial charge in [0, 0.05) is 18.3 Å². The fourth-order valence-corrected chi connectivity index (χ4v) is 2.73. The van der Waals surface area contributed by atoms with Gasteiger partial charge in [0.1, 0.15) is 5.75 Å². The maximum absolute atomic E-state index is 11.2. The van der Waals surface area contributed by atoms with E-state index < -0.39 is 5.97 Å². The molecule has 2 rings (SSSR count). The summed E-state index contributed by atoms with van der Waals surface area (Å²) in [5, 5.41) is 9.18. The summed E-state index contributed by atoms with van der Waals surface area (Å²) in [4.78, 5) is 17.8. The van der Waals surface area contributed by atoms with Crippen molar-refractivity contribution in [2.24, 2.45) is 0 Å². The molecule has 0 aliphatic heterocycles. The molecule has 0 bridgehead atoms. The number of methoxy groups -OCH3 is 1. The van der Waals surface area contributed by atoms with Gasteiger partial charge in [0.05, 0.1) is 24.4 Å². The second-order valence-corrected chi connectivity index (χ2v) is 5.43. The Hall–Kier alpha value is -2.40. The standard InChI is InChI=1S/C18H22N2O3/c1-4-16(15-7-5-6-10-19-15)20(2)12-14-11-13(18(21)22)8-9-17(14)23-3/h5-11,16H,4,12H2,1-3H3,(H,21,22). The van der Waals surface area contributed by atoms with E-state index >= 15 is 0 Å². The zero-order chi connectivity index (χ0) is 16.8. The highest BCUT2D eigenvalue weighted by atomic mass is 16.5. The van der Waals surface area contributed by atoms with Gasteiger partial charge in [-0.3, -0.25) is 9.88 Å². The van der Waals surface area contributed by atoms with Gasteiger partial charge < -0.3 is 9.84 Å². The Morgan fingerprint density at radius 1 is 1.35 bits per heavy atom. The van der Waals surface area contributed by atoms with Crippen LogP contribution in [-0.4, -0.2) is 35.1 Å². The minimum Gasteiger partial charge on any atom is -0.496 e. The van der Waals surface area contributed by atoms with Crippen molar-refractivity contribution in [3.63, 3.8) is 0 Å². The zero-order valence-corrected chi connectivity index (χ0v) is 13.7. The summed E-state index contributed by atoms with van der Waals surface area (Å²) < 4.78 is 5.36. The van der Waals surface area contributed by atoms with Crippen LogP contribution in [0.3, 0.4) is 0 Å². The Balaban J connectivity index is 2.26. The minimum absolute atomic E-state index is 0.161. The first-order valence-corrected chi connectivity index (χ1v) is 7.58. The fourth-order valence-electron chi connectivity index (χ4n) is 2.73. The van der Waals surface area contributed by atoms with Gasteiger partial charge in [-0.2, -0.15) is 0 Å². The van der Waals surface area contributed by atoms with Crippen LogP contribution in [0.4, 0.5) is 0 Å². The molecule has 0 aliphatic carbocycles. The van der Waals surface area contributed by atoms with Gasteiger partial charge in [-0.15, -0.1) is 0 Å². The van der Waals surface area contributed by atoms with Gasteiger partial charge in [0.2, 0.25) is 0 Å². The molecule has 122 valence electrons. The van der Waals surface area contributed by atoms with Crippen molar-refractivity contribution in [3.8, 4) is 5.75 Å². The number of nitrogens with zero attached hydrogens (tertiary/aromatic N) is 2. The summed E-state index contributed by atoms with van der Waals surface area (Å²) in [6.07, 6.45) is 2.70. The highest BCUT2D eigenvalue weighted by molar-refractivity contribution is 5.88. The summed E-state index contributed by atoms with van der Waals surface area (Å²) >= 11 is 0. The predicted octanol–water partition coefficient (Wildman–Crippen LogP) is 3.37. The normalized spacial score (nSPS) is 12.2. The highest BCUT2D eigenvalue weighted by Gasteiger charge is 2.18. The number of aromatic nitrogens is 1. The van der Waals surface area contributed by atoms with Crippen molar-refractivity contribution >= 4 is 5.97 Å². The summed E-state index contributed by atoms with van der Waals surface area (Å²) in [5.41, 5.74) is 2.12. The molecule has 1 atom stereocenters. The van der Waals surface area contributed by atoms with E-state index in [1.54, 1.807) is 31.5 Å². The zero-order valence-electron chi connectivity index (χ0n) is 13.7. The maximum Gasteiger partial charge on any atom is 0.335 e. The van der Waals surface area contributed by atoms with Crippen LogP contribution in [0.5, 0.6) is 5.75 Å². The minimum atomic E-state index is -0.937. The molecule has 0 aliphatic rings. The van der Waals surface area contributed by atoms with Crippen LogP contribution >= 0.6 is 0 Å². The van der Waals surface area contributed by atoms with Crippen LogP contribution < -0.4 is 4.74 Å². The second-order valence-electron chi connectivity index (χ2n) is 5.43. The molecule has 1 aromatic carbocycles. The van der Waals surface area contributed by atoms with Crippen LogP contribution in [0.15, 0.2) is 42.6 Å². The lowest BCUT2D eigenvalue weighted by Crippen LogP contribution is -2.25. The quantitative estimate of drug-likeness (QED) is 0.849. The molecule has 5 heteroatoms. The molecule has 23 heavy (non-hydrogen) atoms. The smallest absolute Gasteiger partial charge is 0.335 e. The van der Waals surface area contributed by atoms with Crippen LogP contribution in [0.1, 0.15) is 41.0 Å². The van der Waals surface area contributed by atoms with Crippen LogP contribution in [0.25, 0.3) is 0 Å². The summed E-state index contributed by atoms with van der Waals surface area (Å²) in [5.74, 6) is -0.244. The summed E-state index contributed by atoms with van der Waals surface area (Å²) in [6, 6.07) is 11.0. The highest BCUT2D eigenvalue weighted by Crippen LogP contribution is 2.27.